The molecule has 0 fully saturated rings. The quantitative estimate of drug-likeness (QED) is 0.637. The van der Waals surface area contributed by atoms with E-state index in [2.05, 4.69) is 0 Å². The van der Waals surface area contributed by atoms with Gasteiger partial charge in [0.25, 0.3) is 5.56 Å². The largest absolute Gasteiger partial charge is 0.385 e. The van der Waals surface area contributed by atoms with Crippen molar-refractivity contribution in [2.45, 2.75) is 5.92 Å². The van der Waals surface area contributed by atoms with Crippen LogP contribution in [0.2, 0.25) is 0 Å². The fraction of sp³-hybridized carbons (Fsp3) is 0.333. The normalized spacial score (nSPS) is 12.3. The minimum absolute atomic E-state index is 0.0386. The summed E-state index contributed by atoms with van der Waals surface area (Å²) in [5, 5.41) is 12.7. The van der Waals surface area contributed by atoms with Gasteiger partial charge in [-0.05, 0) is 11.4 Å². The zero-order valence-corrected chi connectivity index (χ0v) is 12.3. The smallest absolute Gasteiger partial charge is 0.332 e. The van der Waals surface area contributed by atoms with E-state index in [1.807, 2.05) is 0 Å². The summed E-state index contributed by atoms with van der Waals surface area (Å²) in [5.74, 6) is -0.811. The van der Waals surface area contributed by atoms with E-state index in [4.69, 9.17) is 5.73 Å². The lowest BCUT2D eigenvalue weighted by molar-refractivity contribution is -0.481. The fourth-order valence-electron chi connectivity index (χ4n) is 2.18. The van der Waals surface area contributed by atoms with E-state index in [0.29, 0.717) is 4.88 Å². The Morgan fingerprint density at radius 2 is 2.05 bits per heavy atom. The number of hydrogen-bond acceptors (Lipinski definition) is 6. The first-order chi connectivity index (χ1) is 9.84. The molecule has 2 heterocycles. The van der Waals surface area contributed by atoms with Gasteiger partial charge in [-0.1, -0.05) is 6.07 Å². The van der Waals surface area contributed by atoms with Gasteiger partial charge in [0.1, 0.15) is 5.82 Å². The predicted octanol–water partition coefficient (Wildman–Crippen LogP) is 0.136. The van der Waals surface area contributed by atoms with Gasteiger partial charge in [0.15, 0.2) is 0 Å². The Hall–Kier alpha value is -2.42. The Morgan fingerprint density at radius 1 is 1.38 bits per heavy atom. The molecule has 2 aromatic rings. The Morgan fingerprint density at radius 3 is 2.57 bits per heavy atom. The van der Waals surface area contributed by atoms with Crippen LogP contribution in [-0.2, 0) is 14.1 Å². The first-order valence-electron chi connectivity index (χ1n) is 6.05. The van der Waals surface area contributed by atoms with E-state index in [1.165, 1.54) is 25.4 Å². The molecule has 8 nitrogen and oxygen atoms in total. The van der Waals surface area contributed by atoms with Crippen molar-refractivity contribution in [3.05, 3.63) is 58.9 Å². The van der Waals surface area contributed by atoms with E-state index < -0.39 is 28.6 Å². The van der Waals surface area contributed by atoms with Gasteiger partial charge in [0.05, 0.1) is 11.5 Å². The molecule has 1 atom stereocenters. The minimum atomic E-state index is -0.773. The van der Waals surface area contributed by atoms with Gasteiger partial charge < -0.3 is 5.73 Å². The van der Waals surface area contributed by atoms with Crippen LogP contribution in [0, 0.1) is 10.1 Å². The molecule has 2 rings (SSSR count). The average molecular weight is 310 g/mol. The van der Waals surface area contributed by atoms with Crippen LogP contribution in [0.4, 0.5) is 5.82 Å². The third-order valence-corrected chi connectivity index (χ3v) is 4.30. The molecule has 0 aliphatic rings. The van der Waals surface area contributed by atoms with Gasteiger partial charge in [-0.15, -0.1) is 11.3 Å². The van der Waals surface area contributed by atoms with Crippen molar-refractivity contribution in [3.8, 4) is 0 Å². The van der Waals surface area contributed by atoms with Gasteiger partial charge in [0.2, 0.25) is 6.54 Å². The lowest BCUT2D eigenvalue weighted by Gasteiger charge is -2.16. The average Bonchev–Trinajstić information content (AvgIpc) is 2.95. The van der Waals surface area contributed by atoms with Gasteiger partial charge >= 0.3 is 5.69 Å². The van der Waals surface area contributed by atoms with Gasteiger partial charge in [-0.3, -0.25) is 24.0 Å². The molecule has 0 saturated heterocycles. The predicted molar refractivity (Wildman–Crippen MR) is 79.4 cm³/mol. The lowest BCUT2D eigenvalue weighted by atomic mass is 9.99. The molecule has 0 aliphatic heterocycles. The van der Waals surface area contributed by atoms with E-state index in [1.54, 1.807) is 17.5 Å². The first kappa shape index (κ1) is 15.0. The molecule has 2 aromatic heterocycles. The molecule has 9 heteroatoms. The third-order valence-electron chi connectivity index (χ3n) is 3.31. The van der Waals surface area contributed by atoms with Crippen molar-refractivity contribution >= 4 is 17.2 Å². The molecule has 0 aliphatic carbocycles. The summed E-state index contributed by atoms with van der Waals surface area (Å²) < 4.78 is 2.03. The highest BCUT2D eigenvalue weighted by Gasteiger charge is 2.28. The Labute approximate surface area is 123 Å². The van der Waals surface area contributed by atoms with Crippen LogP contribution in [0.1, 0.15) is 16.4 Å². The standard InChI is InChI=1S/C12H14N4O4S/c1-14-10(13)9(11(17)15(2)12(14)18)7(6-16(19)20)8-4-3-5-21-8/h3-5,7H,6,13H2,1-2H3. The van der Waals surface area contributed by atoms with Crippen LogP contribution in [0.25, 0.3) is 0 Å². The maximum absolute atomic E-state index is 12.3. The second kappa shape index (κ2) is 5.52. The number of nitro groups is 1. The van der Waals surface area contributed by atoms with Crippen LogP contribution in [-0.4, -0.2) is 20.6 Å². The van der Waals surface area contributed by atoms with Crippen LogP contribution in [0.5, 0.6) is 0 Å². The van der Waals surface area contributed by atoms with E-state index in [0.717, 1.165) is 9.13 Å². The van der Waals surface area contributed by atoms with Crippen molar-refractivity contribution in [1.29, 1.82) is 0 Å². The number of anilines is 1. The van der Waals surface area contributed by atoms with E-state index in [-0.39, 0.29) is 11.4 Å². The van der Waals surface area contributed by atoms with E-state index in [9.17, 15) is 19.7 Å². The van der Waals surface area contributed by atoms with Crippen LogP contribution in [0.3, 0.4) is 0 Å². The number of rotatable bonds is 4. The summed E-state index contributed by atoms with van der Waals surface area (Å²) in [5.41, 5.74) is 4.79. The molecule has 1 unspecified atom stereocenters. The molecule has 2 N–H and O–H groups in total. The van der Waals surface area contributed by atoms with Crippen LogP contribution in [0.15, 0.2) is 27.1 Å². The van der Waals surface area contributed by atoms with E-state index >= 15 is 0 Å². The molecule has 21 heavy (non-hydrogen) atoms. The maximum Gasteiger partial charge on any atom is 0.332 e. The highest BCUT2D eigenvalue weighted by atomic mass is 32.1. The SMILES string of the molecule is Cn1c(N)c(C(C[N+](=O)[O-])c2cccs2)c(=O)n(C)c1=O. The Bertz CT molecular complexity index is 791. The number of thiophene rings is 1. The second-order valence-corrected chi connectivity index (χ2v) is 5.57. The summed E-state index contributed by atoms with van der Waals surface area (Å²) in [6.45, 7) is -0.460. The number of nitrogens with two attached hydrogens (primary N) is 1. The molecule has 0 bridgehead atoms. The number of nitrogen functional groups attached to an aromatic ring is 1. The van der Waals surface area contributed by atoms with Crippen molar-refractivity contribution in [2.24, 2.45) is 14.1 Å². The Kier molecular flexibility index (Phi) is 3.94. The Balaban J connectivity index is 2.75. The molecular weight excluding hydrogens is 296 g/mol. The van der Waals surface area contributed by atoms with Gasteiger partial charge in [-0.25, -0.2) is 4.79 Å². The molecule has 112 valence electrons. The summed E-state index contributed by atoms with van der Waals surface area (Å²) >= 11 is 1.31. The summed E-state index contributed by atoms with van der Waals surface area (Å²) in [4.78, 5) is 35.2. The zero-order valence-electron chi connectivity index (χ0n) is 11.5. The lowest BCUT2D eigenvalue weighted by Crippen LogP contribution is -2.41. The maximum atomic E-state index is 12.3. The summed E-state index contributed by atoms with van der Waals surface area (Å²) in [6, 6.07) is 3.46. The van der Waals surface area contributed by atoms with Crippen molar-refractivity contribution in [2.75, 3.05) is 12.3 Å². The molecule has 0 aromatic carbocycles. The highest BCUT2D eigenvalue weighted by Crippen LogP contribution is 2.29. The summed E-state index contributed by atoms with van der Waals surface area (Å²) in [7, 11) is 2.75. The van der Waals surface area contributed by atoms with Crippen LogP contribution < -0.4 is 17.0 Å². The number of aromatic nitrogens is 2. The van der Waals surface area contributed by atoms with Crippen molar-refractivity contribution in [1.82, 2.24) is 9.13 Å². The fourth-order valence-corrected chi connectivity index (χ4v) is 3.00. The topological polar surface area (TPSA) is 113 Å². The van der Waals surface area contributed by atoms with Crippen molar-refractivity contribution in [3.63, 3.8) is 0 Å². The van der Waals surface area contributed by atoms with Crippen LogP contribution >= 0.6 is 11.3 Å². The third kappa shape index (κ3) is 2.59. The van der Waals surface area contributed by atoms with Crippen molar-refractivity contribution < 1.29 is 4.92 Å². The second-order valence-electron chi connectivity index (χ2n) is 4.59. The monoisotopic (exact) mass is 310 g/mol. The first-order valence-corrected chi connectivity index (χ1v) is 6.93. The molecule has 0 spiro atoms. The minimum Gasteiger partial charge on any atom is -0.385 e. The van der Waals surface area contributed by atoms with Gasteiger partial charge in [-0.2, -0.15) is 0 Å². The number of hydrogen-bond donors (Lipinski definition) is 1. The summed E-state index contributed by atoms with van der Waals surface area (Å²) in [6.07, 6.45) is 0. The van der Waals surface area contributed by atoms with Gasteiger partial charge in [0, 0.05) is 23.9 Å². The molecule has 0 saturated carbocycles. The number of nitrogens with zero attached hydrogens (tertiary/aromatic N) is 3. The molecule has 0 radical (unpaired) electrons. The zero-order chi connectivity index (χ0) is 15.7. The molecular formula is C12H14N4O4S. The highest BCUT2D eigenvalue weighted by molar-refractivity contribution is 7.10. The molecule has 0 amide bonds.